The van der Waals surface area contributed by atoms with Gasteiger partial charge in [0.1, 0.15) is 0 Å². The minimum absolute atomic E-state index is 0.197. The van der Waals surface area contributed by atoms with E-state index in [1.165, 1.54) is 25.6 Å². The van der Waals surface area contributed by atoms with Crippen molar-refractivity contribution in [1.29, 1.82) is 0 Å². The van der Waals surface area contributed by atoms with Crippen LogP contribution in [0.25, 0.3) is 0 Å². The van der Waals surface area contributed by atoms with E-state index in [9.17, 15) is 9.59 Å². The van der Waals surface area contributed by atoms with Crippen LogP contribution >= 0.6 is 11.3 Å². The van der Waals surface area contributed by atoms with Crippen molar-refractivity contribution in [3.8, 4) is 0 Å². The maximum absolute atomic E-state index is 11.2. The molecule has 1 aromatic heterocycles. The Kier molecular flexibility index (Phi) is 6.13. The number of carbonyl (C=O) groups excluding carboxylic acids is 2. The number of nitrogens with one attached hydrogen (secondary N) is 1. The summed E-state index contributed by atoms with van der Waals surface area (Å²) >= 11 is 1.35. The van der Waals surface area contributed by atoms with Crippen LogP contribution in [0.4, 0.5) is 5.13 Å². The number of esters is 2. The van der Waals surface area contributed by atoms with Crippen LogP contribution in [0.1, 0.15) is 29.8 Å². The Hall–Kier alpha value is -1.63. The van der Waals surface area contributed by atoms with Crippen LogP contribution in [0.2, 0.25) is 0 Å². The highest BCUT2D eigenvalue weighted by Gasteiger charge is 2.09. The lowest BCUT2D eigenvalue weighted by molar-refractivity contribution is -0.140. The van der Waals surface area contributed by atoms with Crippen molar-refractivity contribution in [1.82, 2.24) is 4.98 Å². The molecular formula is C11H16N2O4S. The van der Waals surface area contributed by atoms with Crippen LogP contribution in [-0.4, -0.2) is 37.7 Å². The predicted molar refractivity (Wildman–Crippen MR) is 67.8 cm³/mol. The fraction of sp³-hybridized carbons (Fsp3) is 0.545. The summed E-state index contributed by atoms with van der Waals surface area (Å²) in [7, 11) is 2.70. The molecule has 0 saturated carbocycles. The Bertz CT molecular complexity index is 406. The summed E-state index contributed by atoms with van der Waals surface area (Å²) in [5, 5.41) is 5.40. The first kappa shape index (κ1) is 14.4. The predicted octanol–water partition coefficient (Wildman–Crippen LogP) is 1.68. The Morgan fingerprint density at radius 3 is 2.78 bits per heavy atom. The van der Waals surface area contributed by atoms with E-state index in [2.05, 4.69) is 19.8 Å². The number of anilines is 1. The van der Waals surface area contributed by atoms with Gasteiger partial charge in [-0.05, 0) is 12.8 Å². The van der Waals surface area contributed by atoms with Gasteiger partial charge in [0.05, 0.1) is 14.2 Å². The van der Waals surface area contributed by atoms with Gasteiger partial charge in [-0.2, -0.15) is 0 Å². The Balaban J connectivity index is 2.21. The topological polar surface area (TPSA) is 77.5 Å². The summed E-state index contributed by atoms with van der Waals surface area (Å²) in [6.45, 7) is 0.700. The van der Waals surface area contributed by atoms with E-state index in [0.717, 1.165) is 12.8 Å². The zero-order chi connectivity index (χ0) is 13.4. The van der Waals surface area contributed by atoms with Gasteiger partial charge in [-0.15, -0.1) is 11.3 Å². The van der Waals surface area contributed by atoms with Crippen LogP contribution in [0, 0.1) is 0 Å². The molecule has 0 radical (unpaired) electrons. The van der Waals surface area contributed by atoms with Crippen LogP contribution < -0.4 is 5.32 Å². The van der Waals surface area contributed by atoms with Crippen LogP contribution in [0.5, 0.6) is 0 Å². The molecule has 18 heavy (non-hydrogen) atoms. The average Bonchev–Trinajstić information content (AvgIpc) is 2.85. The molecule has 0 aliphatic heterocycles. The first-order valence-corrected chi connectivity index (χ1v) is 6.40. The lowest BCUT2D eigenvalue weighted by Crippen LogP contribution is -2.05. The fourth-order valence-electron chi connectivity index (χ4n) is 1.24. The molecular weight excluding hydrogens is 256 g/mol. The molecule has 1 N–H and O–H groups in total. The Morgan fingerprint density at radius 1 is 1.33 bits per heavy atom. The normalized spacial score (nSPS) is 9.89. The SMILES string of the molecule is COC(=O)CCCCNc1nc(C(=O)OC)cs1. The lowest BCUT2D eigenvalue weighted by Gasteiger charge is -2.01. The van der Waals surface area contributed by atoms with Gasteiger partial charge in [0, 0.05) is 18.3 Å². The molecule has 1 aromatic rings. The zero-order valence-electron chi connectivity index (χ0n) is 10.4. The maximum Gasteiger partial charge on any atom is 0.357 e. The second-order valence-electron chi connectivity index (χ2n) is 3.49. The second kappa shape index (κ2) is 7.65. The molecule has 100 valence electrons. The van der Waals surface area contributed by atoms with Crippen LogP contribution in [-0.2, 0) is 14.3 Å². The van der Waals surface area contributed by atoms with E-state index in [1.807, 2.05) is 0 Å². The number of unbranched alkanes of at least 4 members (excludes halogenated alkanes) is 1. The van der Waals surface area contributed by atoms with E-state index in [0.29, 0.717) is 23.8 Å². The van der Waals surface area contributed by atoms with Gasteiger partial charge in [-0.1, -0.05) is 0 Å². The van der Waals surface area contributed by atoms with E-state index in [1.54, 1.807) is 5.38 Å². The first-order valence-electron chi connectivity index (χ1n) is 5.52. The average molecular weight is 272 g/mol. The van der Waals surface area contributed by atoms with Crippen molar-refractivity contribution in [2.24, 2.45) is 0 Å². The molecule has 0 fully saturated rings. The largest absolute Gasteiger partial charge is 0.469 e. The van der Waals surface area contributed by atoms with Gasteiger partial charge in [0.2, 0.25) is 0 Å². The van der Waals surface area contributed by atoms with Crippen LogP contribution in [0.15, 0.2) is 5.38 Å². The molecule has 1 heterocycles. The number of rotatable bonds is 7. The molecule has 0 aromatic carbocycles. The number of hydrogen-bond donors (Lipinski definition) is 1. The highest BCUT2D eigenvalue weighted by Crippen LogP contribution is 2.16. The van der Waals surface area contributed by atoms with E-state index >= 15 is 0 Å². The van der Waals surface area contributed by atoms with Crippen molar-refractivity contribution in [2.45, 2.75) is 19.3 Å². The quantitative estimate of drug-likeness (QED) is 0.601. The summed E-state index contributed by atoms with van der Waals surface area (Å²) in [6.07, 6.45) is 2.01. The number of ether oxygens (including phenoxy) is 2. The highest BCUT2D eigenvalue weighted by molar-refractivity contribution is 7.13. The van der Waals surface area contributed by atoms with Crippen molar-refractivity contribution in [2.75, 3.05) is 26.1 Å². The van der Waals surface area contributed by atoms with Gasteiger partial charge in [-0.3, -0.25) is 4.79 Å². The highest BCUT2D eigenvalue weighted by atomic mass is 32.1. The number of hydrogen-bond acceptors (Lipinski definition) is 7. The summed E-state index contributed by atoms with van der Waals surface area (Å²) in [5.74, 6) is -0.637. The molecule has 0 aliphatic rings. The fourth-order valence-corrected chi connectivity index (χ4v) is 1.95. The van der Waals surface area contributed by atoms with Crippen molar-refractivity contribution in [3.05, 3.63) is 11.1 Å². The summed E-state index contributed by atoms with van der Waals surface area (Å²) in [5.41, 5.74) is 0.305. The van der Waals surface area contributed by atoms with E-state index < -0.39 is 5.97 Å². The monoisotopic (exact) mass is 272 g/mol. The van der Waals surface area contributed by atoms with Gasteiger partial charge in [-0.25, -0.2) is 9.78 Å². The minimum Gasteiger partial charge on any atom is -0.469 e. The third-order valence-electron chi connectivity index (χ3n) is 2.21. The molecule has 6 nitrogen and oxygen atoms in total. The first-order chi connectivity index (χ1) is 8.67. The molecule has 0 atom stereocenters. The van der Waals surface area contributed by atoms with Crippen molar-refractivity contribution < 1.29 is 19.1 Å². The number of aromatic nitrogens is 1. The standard InChI is InChI=1S/C11H16N2O4S/c1-16-9(14)5-3-4-6-12-11-13-8(7-18-11)10(15)17-2/h7H,3-6H2,1-2H3,(H,12,13). The van der Waals surface area contributed by atoms with Gasteiger partial charge < -0.3 is 14.8 Å². The van der Waals surface area contributed by atoms with Gasteiger partial charge >= 0.3 is 11.9 Å². The zero-order valence-corrected chi connectivity index (χ0v) is 11.2. The molecule has 1 rings (SSSR count). The molecule has 0 unspecified atom stereocenters. The van der Waals surface area contributed by atoms with Crippen molar-refractivity contribution >= 4 is 28.4 Å². The summed E-state index contributed by atoms with van der Waals surface area (Å²) < 4.78 is 9.09. The van der Waals surface area contributed by atoms with Crippen LogP contribution in [0.3, 0.4) is 0 Å². The summed E-state index contributed by atoms with van der Waals surface area (Å²) in [6, 6.07) is 0. The number of methoxy groups -OCH3 is 2. The molecule has 0 bridgehead atoms. The molecule has 7 heteroatoms. The van der Waals surface area contributed by atoms with Crippen molar-refractivity contribution in [3.63, 3.8) is 0 Å². The molecule has 0 amide bonds. The van der Waals surface area contributed by atoms with E-state index in [4.69, 9.17) is 0 Å². The van der Waals surface area contributed by atoms with Gasteiger partial charge in [0.25, 0.3) is 0 Å². The summed E-state index contributed by atoms with van der Waals surface area (Å²) in [4.78, 5) is 26.1. The third-order valence-corrected chi connectivity index (χ3v) is 3.01. The Morgan fingerprint density at radius 2 is 2.11 bits per heavy atom. The number of carbonyl (C=O) groups is 2. The maximum atomic E-state index is 11.2. The third kappa shape index (κ3) is 4.70. The van der Waals surface area contributed by atoms with E-state index in [-0.39, 0.29) is 5.97 Å². The smallest absolute Gasteiger partial charge is 0.357 e. The molecule has 0 spiro atoms. The minimum atomic E-state index is -0.440. The Labute approximate surface area is 109 Å². The lowest BCUT2D eigenvalue weighted by atomic mass is 10.2. The number of nitrogens with zero attached hydrogens (tertiary/aromatic N) is 1. The number of thiazole rings is 1. The molecule has 0 aliphatic carbocycles. The second-order valence-corrected chi connectivity index (χ2v) is 4.35. The van der Waals surface area contributed by atoms with Gasteiger partial charge in [0.15, 0.2) is 10.8 Å². The molecule has 0 saturated heterocycles.